The Morgan fingerprint density at radius 1 is 0.293 bits per heavy atom. The maximum absolute atomic E-state index is 2.41. The lowest BCUT2D eigenvalue weighted by Gasteiger charge is -2.05. The van der Waals surface area contributed by atoms with Crippen molar-refractivity contribution in [1.82, 2.24) is 0 Å². The van der Waals surface area contributed by atoms with E-state index in [2.05, 4.69) is 121 Å². The summed E-state index contributed by atoms with van der Waals surface area (Å²) in [6.45, 7) is 0. The largest absolute Gasteiger partial charge is 0.135 e. The summed E-state index contributed by atoms with van der Waals surface area (Å²) in [4.78, 5) is 8.12. The minimum atomic E-state index is 1.31. The van der Waals surface area contributed by atoms with Crippen LogP contribution in [0.15, 0.2) is 121 Å². The second-order valence-electron chi connectivity index (χ2n) is 10.1. The number of hydrogen-bond donors (Lipinski definition) is 0. The van der Waals surface area contributed by atoms with Gasteiger partial charge in [0, 0.05) is 49.4 Å². The average molecular weight is 613 g/mol. The third-order valence-electron chi connectivity index (χ3n) is 7.55. The minimum Gasteiger partial charge on any atom is -0.135 e. The number of thiophene rings is 5. The van der Waals surface area contributed by atoms with Gasteiger partial charge in [0.2, 0.25) is 0 Å². The van der Waals surface area contributed by atoms with Crippen molar-refractivity contribution in [2.24, 2.45) is 0 Å². The van der Waals surface area contributed by atoms with Crippen LogP contribution >= 0.6 is 56.7 Å². The summed E-state index contributed by atoms with van der Waals surface area (Å²) in [5, 5.41) is 5.25. The van der Waals surface area contributed by atoms with Crippen molar-refractivity contribution in [3.63, 3.8) is 0 Å². The summed E-state index contributed by atoms with van der Waals surface area (Å²) in [6, 6.07) is 44.7. The molecule has 0 nitrogen and oxygen atoms in total. The molecule has 0 N–H and O–H groups in total. The summed E-state index contributed by atoms with van der Waals surface area (Å²) < 4.78 is 5.35. The second kappa shape index (κ2) is 9.48. The van der Waals surface area contributed by atoms with Gasteiger partial charge in [-0.2, -0.15) is 0 Å². The van der Waals surface area contributed by atoms with E-state index in [1.807, 2.05) is 56.7 Å². The Hall–Kier alpha value is -3.58. The van der Waals surface area contributed by atoms with Gasteiger partial charge in [0.15, 0.2) is 0 Å². The summed E-state index contributed by atoms with van der Waals surface area (Å²) in [6.07, 6.45) is 0. The first-order valence-corrected chi connectivity index (χ1v) is 17.5. The third kappa shape index (κ3) is 3.96. The molecular formula is C36H20S5. The van der Waals surface area contributed by atoms with Crippen molar-refractivity contribution in [3.05, 3.63) is 121 Å². The molecule has 0 saturated heterocycles. The fourth-order valence-corrected chi connectivity index (χ4v) is 11.7. The van der Waals surface area contributed by atoms with Gasteiger partial charge in [-0.05, 0) is 70.1 Å². The van der Waals surface area contributed by atoms with Crippen molar-refractivity contribution in [2.45, 2.75) is 0 Å². The van der Waals surface area contributed by atoms with Crippen LogP contribution < -0.4 is 0 Å². The van der Waals surface area contributed by atoms with Gasteiger partial charge in [-0.3, -0.25) is 0 Å². The maximum atomic E-state index is 2.41. The predicted molar refractivity (Wildman–Crippen MR) is 188 cm³/mol. The highest BCUT2D eigenvalue weighted by Gasteiger charge is 2.27. The molecule has 0 aliphatic rings. The first-order valence-electron chi connectivity index (χ1n) is 13.4. The van der Waals surface area contributed by atoms with Gasteiger partial charge in [-0.25, -0.2) is 0 Å². The lowest BCUT2D eigenvalue weighted by atomic mass is 10.0. The van der Waals surface area contributed by atoms with Crippen molar-refractivity contribution < 1.29 is 0 Å². The molecule has 194 valence electrons. The Labute approximate surface area is 257 Å². The van der Waals surface area contributed by atoms with Crippen LogP contribution in [0, 0.1) is 0 Å². The van der Waals surface area contributed by atoms with Crippen LogP contribution in [-0.4, -0.2) is 0 Å². The normalized spacial score (nSPS) is 11.9. The molecule has 0 fully saturated rings. The Morgan fingerprint density at radius 3 is 0.927 bits per heavy atom. The zero-order valence-electron chi connectivity index (χ0n) is 21.6. The van der Waals surface area contributed by atoms with Gasteiger partial charge in [-0.15, -0.1) is 56.7 Å². The van der Waals surface area contributed by atoms with Crippen LogP contribution in [0.5, 0.6) is 0 Å². The fraction of sp³-hybridized carbons (Fsp3) is 0. The lowest BCUT2D eigenvalue weighted by molar-refractivity contribution is 1.81. The van der Waals surface area contributed by atoms with E-state index < -0.39 is 0 Å². The molecule has 9 rings (SSSR count). The average Bonchev–Trinajstić information content (AvgIpc) is 3.82. The van der Waals surface area contributed by atoms with Crippen LogP contribution in [0.4, 0.5) is 0 Å². The summed E-state index contributed by atoms with van der Waals surface area (Å²) in [5.41, 5.74) is 2.75. The van der Waals surface area contributed by atoms with Gasteiger partial charge in [0.05, 0.1) is 9.75 Å². The summed E-state index contributed by atoms with van der Waals surface area (Å²) in [7, 11) is 0. The topological polar surface area (TPSA) is 0 Å². The quantitative estimate of drug-likeness (QED) is 0.185. The van der Waals surface area contributed by atoms with Crippen molar-refractivity contribution in [1.29, 1.82) is 0 Å². The standard InChI is InChI=1S/C36H20S5/c1-5-13-25-21(9-1)17-29(37-25)33-34(30-18-22-10-2-6-14-26(22)38-30)36(32-20-24-12-4-8-16-28(24)40-32)41-35(33)31-19-23-11-3-7-15-27(23)39-31/h1-20H. The highest BCUT2D eigenvalue weighted by atomic mass is 32.1. The fourth-order valence-electron chi connectivity index (χ4n) is 5.65. The molecule has 9 aromatic rings. The molecule has 0 unspecified atom stereocenters. The van der Waals surface area contributed by atoms with Crippen molar-refractivity contribution >= 4 is 97.0 Å². The van der Waals surface area contributed by atoms with Gasteiger partial charge in [0.1, 0.15) is 0 Å². The second-order valence-corrected chi connectivity index (χ2v) is 15.5. The minimum absolute atomic E-state index is 1.31. The van der Waals surface area contributed by atoms with Crippen LogP contribution in [0.2, 0.25) is 0 Å². The Balaban J connectivity index is 1.41. The molecule has 0 amide bonds. The Bertz CT molecular complexity index is 2090. The van der Waals surface area contributed by atoms with Gasteiger partial charge in [-0.1, -0.05) is 72.8 Å². The zero-order valence-corrected chi connectivity index (χ0v) is 25.7. The predicted octanol–water partition coefficient (Wildman–Crippen LogP) is 13.3. The number of fused-ring (bicyclic) bond motifs is 4. The first-order chi connectivity index (χ1) is 20.3. The first kappa shape index (κ1) is 24.1. The molecule has 5 aromatic heterocycles. The van der Waals surface area contributed by atoms with E-state index in [0.29, 0.717) is 0 Å². The maximum Gasteiger partial charge on any atom is 0.0543 e. The zero-order chi connectivity index (χ0) is 26.9. The van der Waals surface area contributed by atoms with E-state index >= 15 is 0 Å². The van der Waals surface area contributed by atoms with Gasteiger partial charge < -0.3 is 0 Å². The van der Waals surface area contributed by atoms with Crippen LogP contribution in [0.3, 0.4) is 0 Å². The molecule has 5 heteroatoms. The highest BCUT2D eigenvalue weighted by molar-refractivity contribution is 7.31. The Morgan fingerprint density at radius 2 is 0.585 bits per heavy atom. The van der Waals surface area contributed by atoms with E-state index in [9.17, 15) is 0 Å². The van der Waals surface area contributed by atoms with Crippen LogP contribution in [0.25, 0.3) is 80.7 Å². The van der Waals surface area contributed by atoms with E-state index in [1.54, 1.807) is 0 Å². The molecule has 0 aliphatic carbocycles. The monoisotopic (exact) mass is 612 g/mol. The van der Waals surface area contributed by atoms with E-state index in [-0.39, 0.29) is 0 Å². The van der Waals surface area contributed by atoms with Crippen molar-refractivity contribution in [3.8, 4) is 40.4 Å². The summed E-state index contributed by atoms with van der Waals surface area (Å²) in [5.74, 6) is 0. The Kier molecular flexibility index (Phi) is 5.56. The summed E-state index contributed by atoms with van der Waals surface area (Å²) >= 11 is 9.62. The molecule has 0 bridgehead atoms. The molecule has 0 radical (unpaired) electrons. The van der Waals surface area contributed by atoms with Gasteiger partial charge >= 0.3 is 0 Å². The molecule has 4 aromatic carbocycles. The smallest absolute Gasteiger partial charge is 0.0543 e. The number of benzene rings is 4. The van der Waals surface area contributed by atoms with E-state index in [1.165, 1.54) is 80.7 Å². The molecular weight excluding hydrogens is 593 g/mol. The molecule has 0 aliphatic heterocycles. The van der Waals surface area contributed by atoms with Crippen molar-refractivity contribution in [2.75, 3.05) is 0 Å². The molecule has 0 saturated carbocycles. The van der Waals surface area contributed by atoms with E-state index in [0.717, 1.165) is 0 Å². The molecule has 5 heterocycles. The van der Waals surface area contributed by atoms with Crippen LogP contribution in [0.1, 0.15) is 0 Å². The molecule has 0 spiro atoms. The lowest BCUT2D eigenvalue weighted by Crippen LogP contribution is -1.79. The molecule has 0 atom stereocenters. The molecule has 41 heavy (non-hydrogen) atoms. The SMILES string of the molecule is c1ccc2sc(-c3sc(-c4cc5ccccc5s4)c(-c4cc5ccccc5s4)c3-c3cc4ccccc4s3)cc2c1. The third-order valence-corrected chi connectivity index (χ3v) is 13.6. The number of hydrogen-bond acceptors (Lipinski definition) is 5. The van der Waals surface area contributed by atoms with E-state index in [4.69, 9.17) is 0 Å². The highest BCUT2D eigenvalue weighted by Crippen LogP contribution is 2.57. The van der Waals surface area contributed by atoms with Crippen LogP contribution in [-0.2, 0) is 0 Å². The van der Waals surface area contributed by atoms with Gasteiger partial charge in [0.25, 0.3) is 0 Å². The number of rotatable bonds is 4.